The molecule has 0 amide bonds. The number of furan rings is 1. The Kier molecular flexibility index (Phi) is 4.77. The van der Waals surface area contributed by atoms with E-state index in [9.17, 15) is 0 Å². The van der Waals surface area contributed by atoms with Gasteiger partial charge in [0, 0.05) is 38.3 Å². The van der Waals surface area contributed by atoms with Gasteiger partial charge in [0.1, 0.15) is 11.2 Å². The van der Waals surface area contributed by atoms with Crippen molar-refractivity contribution < 1.29 is 4.42 Å². The summed E-state index contributed by atoms with van der Waals surface area (Å²) in [6, 6.07) is 43.0. The van der Waals surface area contributed by atoms with Crippen LogP contribution in [-0.2, 0) is 0 Å². The molecule has 0 atom stereocenters. The maximum Gasteiger partial charge on any atom is 0.145 e. The second-order valence-corrected chi connectivity index (χ2v) is 11.3. The fourth-order valence-corrected chi connectivity index (χ4v) is 7.21. The molecule has 4 heteroatoms. The Bertz CT molecular complexity index is 2430. The van der Waals surface area contributed by atoms with E-state index >= 15 is 0 Å². The molecule has 41 heavy (non-hydrogen) atoms. The van der Waals surface area contributed by atoms with Gasteiger partial charge in [-0.05, 0) is 76.5 Å². The summed E-state index contributed by atoms with van der Waals surface area (Å²) in [5, 5.41) is 8.01. The molecule has 0 saturated heterocycles. The molecular weight excluding hydrogens is 520 g/mol. The molecule has 0 aliphatic rings. The molecule has 9 aromatic rings. The van der Waals surface area contributed by atoms with Crippen molar-refractivity contribution in [3.63, 3.8) is 0 Å². The summed E-state index contributed by atoms with van der Waals surface area (Å²) in [5.74, 6) is 0. The molecule has 3 nitrogen and oxygen atoms in total. The monoisotopic (exact) mass is 542 g/mol. The highest BCUT2D eigenvalue weighted by molar-refractivity contribution is 7.17. The number of nitrogens with zero attached hydrogens (tertiary/aromatic N) is 2. The van der Waals surface area contributed by atoms with Crippen LogP contribution in [0.4, 0.5) is 0 Å². The van der Waals surface area contributed by atoms with Crippen molar-refractivity contribution in [2.24, 2.45) is 0 Å². The van der Waals surface area contributed by atoms with Crippen LogP contribution in [-0.4, -0.2) is 9.55 Å². The molecule has 192 valence electrons. The van der Waals surface area contributed by atoms with E-state index in [0.29, 0.717) is 0 Å². The van der Waals surface area contributed by atoms with Crippen molar-refractivity contribution in [2.45, 2.75) is 0 Å². The van der Waals surface area contributed by atoms with Crippen LogP contribution in [0.2, 0.25) is 0 Å². The summed E-state index contributed by atoms with van der Waals surface area (Å²) in [6.07, 6.45) is 1.92. The lowest BCUT2D eigenvalue weighted by atomic mass is 10.0. The first-order valence-electron chi connectivity index (χ1n) is 13.7. The molecule has 0 saturated carbocycles. The third-order valence-electron chi connectivity index (χ3n) is 8.13. The van der Waals surface area contributed by atoms with Gasteiger partial charge in [0.05, 0.1) is 22.1 Å². The lowest BCUT2D eigenvalue weighted by molar-refractivity contribution is 0.673. The Morgan fingerprint density at radius 1 is 0.634 bits per heavy atom. The van der Waals surface area contributed by atoms with Gasteiger partial charge < -0.3 is 8.98 Å². The minimum atomic E-state index is 0.911. The largest absolute Gasteiger partial charge is 0.455 e. The van der Waals surface area contributed by atoms with E-state index in [4.69, 9.17) is 9.40 Å². The zero-order chi connectivity index (χ0) is 26.9. The van der Waals surface area contributed by atoms with Crippen LogP contribution < -0.4 is 0 Å². The second-order valence-electron chi connectivity index (χ2n) is 10.4. The highest BCUT2D eigenvalue weighted by Crippen LogP contribution is 2.42. The Morgan fingerprint density at radius 2 is 1.51 bits per heavy atom. The minimum absolute atomic E-state index is 0.911. The lowest BCUT2D eigenvalue weighted by Crippen LogP contribution is -1.93. The van der Waals surface area contributed by atoms with Gasteiger partial charge in [-0.1, -0.05) is 66.7 Å². The van der Waals surface area contributed by atoms with E-state index in [1.165, 1.54) is 21.2 Å². The highest BCUT2D eigenvalue weighted by atomic mass is 32.1. The van der Waals surface area contributed by atoms with Crippen molar-refractivity contribution >= 4 is 65.2 Å². The smallest absolute Gasteiger partial charge is 0.145 e. The third kappa shape index (κ3) is 3.35. The Labute approximate surface area is 239 Å². The van der Waals surface area contributed by atoms with Crippen molar-refractivity contribution in [3.05, 3.63) is 133 Å². The zero-order valence-corrected chi connectivity index (χ0v) is 22.7. The molecule has 0 unspecified atom stereocenters. The summed E-state index contributed by atoms with van der Waals surface area (Å²) < 4.78 is 10.2. The molecule has 0 spiro atoms. The average Bonchev–Trinajstić information content (AvgIpc) is 3.75. The fraction of sp³-hybridized carbons (Fsp3) is 0. The quantitative estimate of drug-likeness (QED) is 0.222. The summed E-state index contributed by atoms with van der Waals surface area (Å²) >= 11 is 1.78. The van der Waals surface area contributed by atoms with Crippen LogP contribution in [0.1, 0.15) is 0 Å². The van der Waals surface area contributed by atoms with Gasteiger partial charge in [0.25, 0.3) is 0 Å². The topological polar surface area (TPSA) is 31.0 Å². The average molecular weight is 543 g/mol. The molecule has 0 aliphatic carbocycles. The molecule has 9 rings (SSSR count). The summed E-state index contributed by atoms with van der Waals surface area (Å²) in [5.41, 5.74) is 9.67. The van der Waals surface area contributed by atoms with Crippen LogP contribution in [0.3, 0.4) is 0 Å². The normalized spacial score (nSPS) is 11.9. The van der Waals surface area contributed by atoms with E-state index in [-0.39, 0.29) is 0 Å². The number of para-hydroxylation sites is 2. The number of thiophene rings is 1. The molecular formula is C37H22N2OS. The van der Waals surface area contributed by atoms with E-state index < -0.39 is 0 Å². The van der Waals surface area contributed by atoms with Crippen molar-refractivity contribution in [1.29, 1.82) is 0 Å². The second kappa shape index (κ2) is 8.65. The SMILES string of the molecule is c1ccc(-n2c3cc(-c4cc(-c5cccc6ccsc56)ccn4)ccc3c3c4oc5ccccc5c4ccc32)cc1. The highest BCUT2D eigenvalue weighted by Gasteiger charge is 2.19. The standard InChI is InChI=1S/C37H22N2OS/c1-2-8-26(9-3-1)39-32-16-15-29-28-10-4-5-12-34(28)40-36(29)35(32)30-14-13-25(22-33(30)39)31-21-24(17-19-38-31)27-11-6-7-23-18-20-41-37(23)27/h1-22H. The molecule has 0 aliphatic heterocycles. The molecule has 4 aromatic heterocycles. The van der Waals surface area contributed by atoms with Crippen LogP contribution >= 0.6 is 11.3 Å². The van der Waals surface area contributed by atoms with Crippen LogP contribution in [0.15, 0.2) is 137 Å². The minimum Gasteiger partial charge on any atom is -0.455 e. The van der Waals surface area contributed by atoms with Gasteiger partial charge in [-0.2, -0.15) is 0 Å². The predicted molar refractivity (Wildman–Crippen MR) is 172 cm³/mol. The first kappa shape index (κ1) is 22.6. The van der Waals surface area contributed by atoms with E-state index in [1.807, 2.05) is 18.3 Å². The number of aromatic nitrogens is 2. The molecule has 0 N–H and O–H groups in total. The summed E-state index contributed by atoms with van der Waals surface area (Å²) in [6.45, 7) is 0. The first-order chi connectivity index (χ1) is 20.3. The van der Waals surface area contributed by atoms with E-state index in [2.05, 4.69) is 119 Å². The maximum atomic E-state index is 6.51. The fourth-order valence-electron chi connectivity index (χ4n) is 6.27. The Hall–Kier alpha value is -5.19. The van der Waals surface area contributed by atoms with Gasteiger partial charge in [-0.3, -0.25) is 4.98 Å². The predicted octanol–water partition coefficient (Wildman–Crippen LogP) is 10.6. The van der Waals surface area contributed by atoms with Crippen LogP contribution in [0.25, 0.3) is 81.9 Å². The number of benzene rings is 5. The van der Waals surface area contributed by atoms with Crippen LogP contribution in [0, 0.1) is 0 Å². The van der Waals surface area contributed by atoms with Crippen molar-refractivity contribution in [2.75, 3.05) is 0 Å². The summed E-state index contributed by atoms with van der Waals surface area (Å²) in [7, 11) is 0. The van der Waals surface area contributed by atoms with Gasteiger partial charge in [-0.25, -0.2) is 0 Å². The molecule has 4 heterocycles. The number of fused-ring (bicyclic) bond motifs is 8. The van der Waals surface area contributed by atoms with Crippen molar-refractivity contribution in [1.82, 2.24) is 9.55 Å². The number of rotatable bonds is 3. The lowest BCUT2D eigenvalue weighted by Gasteiger charge is -2.09. The van der Waals surface area contributed by atoms with E-state index in [0.717, 1.165) is 60.7 Å². The number of pyridine rings is 1. The Morgan fingerprint density at radius 3 is 2.46 bits per heavy atom. The van der Waals surface area contributed by atoms with Gasteiger partial charge in [-0.15, -0.1) is 11.3 Å². The van der Waals surface area contributed by atoms with Crippen molar-refractivity contribution in [3.8, 4) is 28.1 Å². The van der Waals surface area contributed by atoms with Gasteiger partial charge in [0.2, 0.25) is 0 Å². The molecule has 5 aromatic carbocycles. The van der Waals surface area contributed by atoms with Gasteiger partial charge in [0.15, 0.2) is 0 Å². The third-order valence-corrected chi connectivity index (χ3v) is 9.10. The number of hydrogen-bond acceptors (Lipinski definition) is 3. The van der Waals surface area contributed by atoms with Gasteiger partial charge >= 0.3 is 0 Å². The van der Waals surface area contributed by atoms with Crippen LogP contribution in [0.5, 0.6) is 0 Å². The summed E-state index contributed by atoms with van der Waals surface area (Å²) in [4.78, 5) is 4.82. The molecule has 0 radical (unpaired) electrons. The Balaban J connectivity index is 1.31. The first-order valence-corrected chi connectivity index (χ1v) is 14.6. The van der Waals surface area contributed by atoms with E-state index in [1.54, 1.807) is 11.3 Å². The zero-order valence-electron chi connectivity index (χ0n) is 21.9. The molecule has 0 bridgehead atoms. The number of hydrogen-bond donors (Lipinski definition) is 0. The maximum absolute atomic E-state index is 6.51. The molecule has 0 fully saturated rings.